The highest BCUT2D eigenvalue weighted by molar-refractivity contribution is 7.92. The third-order valence-corrected chi connectivity index (χ3v) is 6.07. The molecule has 0 radical (unpaired) electrons. The second-order valence-electron chi connectivity index (χ2n) is 6.97. The lowest BCUT2D eigenvalue weighted by Crippen LogP contribution is -2.17. The zero-order valence-electron chi connectivity index (χ0n) is 16.8. The van der Waals surface area contributed by atoms with Crippen molar-refractivity contribution in [3.63, 3.8) is 0 Å². The summed E-state index contributed by atoms with van der Waals surface area (Å²) in [5.74, 6) is -3.27. The average molecular weight is 457 g/mol. The van der Waals surface area contributed by atoms with Gasteiger partial charge in [0.25, 0.3) is 0 Å². The molecule has 8 nitrogen and oxygen atoms in total. The minimum Gasteiger partial charge on any atom is -0.289 e. The van der Waals surface area contributed by atoms with Gasteiger partial charge in [-0.2, -0.15) is 0 Å². The molecule has 32 heavy (non-hydrogen) atoms. The van der Waals surface area contributed by atoms with E-state index in [1.54, 1.807) is 23.9 Å². The Bertz CT molecular complexity index is 1420. The quantitative estimate of drug-likeness (QED) is 0.426. The van der Waals surface area contributed by atoms with Crippen LogP contribution < -0.4 is 4.72 Å². The van der Waals surface area contributed by atoms with Gasteiger partial charge < -0.3 is 0 Å². The van der Waals surface area contributed by atoms with E-state index in [9.17, 15) is 22.0 Å². The molecule has 0 atom stereocenters. The second kappa shape index (κ2) is 8.42. The number of carbonyl (C=O) groups is 1. The van der Waals surface area contributed by atoms with Gasteiger partial charge in [0.2, 0.25) is 10.0 Å². The van der Waals surface area contributed by atoms with Gasteiger partial charge in [0.1, 0.15) is 6.33 Å². The lowest BCUT2D eigenvalue weighted by atomic mass is 10.0. The van der Waals surface area contributed by atoms with Crippen LogP contribution in [0.1, 0.15) is 29.3 Å². The third-order valence-electron chi connectivity index (χ3n) is 4.58. The zero-order chi connectivity index (χ0) is 22.9. The van der Waals surface area contributed by atoms with Gasteiger partial charge in [-0.15, -0.1) is 0 Å². The highest BCUT2D eigenvalue weighted by atomic mass is 32.2. The van der Waals surface area contributed by atoms with Gasteiger partial charge in [-0.05, 0) is 30.7 Å². The van der Waals surface area contributed by atoms with E-state index < -0.39 is 33.0 Å². The summed E-state index contributed by atoms with van der Waals surface area (Å²) in [6, 6.07) is 6.04. The third kappa shape index (κ3) is 4.33. The van der Waals surface area contributed by atoms with Crippen molar-refractivity contribution in [1.82, 2.24) is 19.5 Å². The second-order valence-corrected chi connectivity index (χ2v) is 8.81. The molecule has 164 valence electrons. The molecule has 0 bridgehead atoms. The summed E-state index contributed by atoms with van der Waals surface area (Å²) in [5, 5.41) is 0. The Morgan fingerprint density at radius 3 is 2.69 bits per heavy atom. The summed E-state index contributed by atoms with van der Waals surface area (Å²) in [6.07, 6.45) is 6.66. The summed E-state index contributed by atoms with van der Waals surface area (Å²) in [5.41, 5.74) is 0.0725. The number of hydrogen-bond acceptors (Lipinski definition) is 6. The summed E-state index contributed by atoms with van der Waals surface area (Å²) < 4.78 is 56.4. The largest absolute Gasteiger partial charge is 0.289 e. The van der Waals surface area contributed by atoms with Crippen LogP contribution in [-0.2, 0) is 10.0 Å². The average Bonchev–Trinajstić information content (AvgIpc) is 3.29. The topological polar surface area (TPSA) is 107 Å². The summed E-state index contributed by atoms with van der Waals surface area (Å²) in [7, 11) is -3.75. The Kier molecular flexibility index (Phi) is 5.66. The number of anilines is 1. The van der Waals surface area contributed by atoms with Crippen LogP contribution >= 0.6 is 0 Å². The molecule has 4 aromatic rings. The van der Waals surface area contributed by atoms with Crippen molar-refractivity contribution in [2.45, 2.75) is 13.3 Å². The number of nitrogens with zero attached hydrogens (tertiary/aromatic N) is 4. The number of ketones is 1. The van der Waals surface area contributed by atoms with Crippen LogP contribution in [0.2, 0.25) is 0 Å². The van der Waals surface area contributed by atoms with Gasteiger partial charge in [-0.1, -0.05) is 6.92 Å². The molecule has 2 aromatic heterocycles. The molecule has 0 unspecified atom stereocenters. The fraction of sp³-hybridized carbons (Fsp3) is 0.143. The Labute approximate surface area is 182 Å². The number of sulfonamides is 1. The first kappa shape index (κ1) is 21.5. The number of imidazole rings is 1. The van der Waals surface area contributed by atoms with Gasteiger partial charge in [-0.25, -0.2) is 27.2 Å². The molecule has 0 aliphatic heterocycles. The van der Waals surface area contributed by atoms with Crippen LogP contribution in [0.3, 0.4) is 0 Å². The molecule has 0 aliphatic carbocycles. The van der Waals surface area contributed by atoms with Crippen molar-refractivity contribution >= 4 is 32.5 Å². The van der Waals surface area contributed by atoms with Crippen molar-refractivity contribution in [3.8, 4) is 5.82 Å². The van der Waals surface area contributed by atoms with Gasteiger partial charge >= 0.3 is 0 Å². The van der Waals surface area contributed by atoms with E-state index in [4.69, 9.17) is 0 Å². The number of benzene rings is 2. The maximum atomic E-state index is 14.5. The van der Waals surface area contributed by atoms with Crippen LogP contribution in [-0.4, -0.2) is 39.5 Å². The Morgan fingerprint density at radius 2 is 1.97 bits per heavy atom. The van der Waals surface area contributed by atoms with E-state index >= 15 is 0 Å². The van der Waals surface area contributed by atoms with Gasteiger partial charge in [-0.3, -0.25) is 19.1 Å². The Balaban J connectivity index is 1.73. The molecule has 0 fully saturated rings. The fourth-order valence-electron chi connectivity index (χ4n) is 3.13. The van der Waals surface area contributed by atoms with E-state index in [0.717, 1.165) is 6.07 Å². The van der Waals surface area contributed by atoms with Crippen LogP contribution in [0.4, 0.5) is 14.5 Å². The highest BCUT2D eigenvalue weighted by Gasteiger charge is 2.21. The van der Waals surface area contributed by atoms with Crippen LogP contribution in [0.15, 0.2) is 55.2 Å². The number of fused-ring (bicyclic) bond motifs is 1. The molecule has 0 saturated heterocycles. The van der Waals surface area contributed by atoms with Crippen molar-refractivity contribution in [3.05, 3.63) is 78.0 Å². The molecule has 1 N–H and O–H groups in total. The molecule has 0 saturated carbocycles. The van der Waals surface area contributed by atoms with Gasteiger partial charge in [0, 0.05) is 24.0 Å². The molecule has 4 rings (SSSR count). The molecule has 2 heterocycles. The molecule has 0 aliphatic rings. The number of rotatable bonds is 7. The predicted molar refractivity (Wildman–Crippen MR) is 114 cm³/mol. The molecule has 2 aromatic carbocycles. The van der Waals surface area contributed by atoms with E-state index in [-0.39, 0.29) is 17.0 Å². The normalized spacial score (nSPS) is 11.6. The standard InChI is InChI=1S/C21H17F2N5O3S/c1-2-7-32(30,31)27-14-9-15(20(23)16(22)10-14)21(29)13-3-4-17-18(8-13)26-19(11-25-17)28-6-5-24-12-28/h3-6,8-12,27H,2,7H2,1H3. The smallest absolute Gasteiger partial charge is 0.232 e. The zero-order valence-corrected chi connectivity index (χ0v) is 17.6. The minimum absolute atomic E-state index is 0.0430. The first-order chi connectivity index (χ1) is 15.3. The summed E-state index contributed by atoms with van der Waals surface area (Å²) >= 11 is 0. The van der Waals surface area contributed by atoms with Crippen LogP contribution in [0.25, 0.3) is 16.9 Å². The number of nitrogens with one attached hydrogen (secondary N) is 1. The highest BCUT2D eigenvalue weighted by Crippen LogP contribution is 2.24. The van der Waals surface area contributed by atoms with E-state index in [2.05, 4.69) is 19.7 Å². The fourth-order valence-corrected chi connectivity index (χ4v) is 4.25. The van der Waals surface area contributed by atoms with Gasteiger partial charge in [0.15, 0.2) is 23.2 Å². The monoisotopic (exact) mass is 457 g/mol. The molecular weight excluding hydrogens is 440 g/mol. The van der Waals surface area contributed by atoms with E-state index in [1.807, 2.05) is 0 Å². The number of aromatic nitrogens is 4. The Hall–Kier alpha value is -3.73. The number of halogens is 2. The molecule has 0 amide bonds. The minimum atomic E-state index is -3.75. The number of hydrogen-bond donors (Lipinski definition) is 1. The lowest BCUT2D eigenvalue weighted by Gasteiger charge is -2.11. The SMILES string of the molecule is CCCS(=O)(=O)Nc1cc(F)c(F)c(C(=O)c2ccc3ncc(-n4ccnc4)nc3c2)c1. The summed E-state index contributed by atoms with van der Waals surface area (Å²) in [4.78, 5) is 25.6. The van der Waals surface area contributed by atoms with Crippen LogP contribution in [0.5, 0.6) is 0 Å². The summed E-state index contributed by atoms with van der Waals surface area (Å²) in [6.45, 7) is 1.67. The van der Waals surface area contributed by atoms with Gasteiger partial charge in [0.05, 0.1) is 34.2 Å². The maximum absolute atomic E-state index is 14.5. The van der Waals surface area contributed by atoms with Crippen molar-refractivity contribution in [2.24, 2.45) is 0 Å². The maximum Gasteiger partial charge on any atom is 0.232 e. The van der Waals surface area contributed by atoms with Crippen molar-refractivity contribution in [1.29, 1.82) is 0 Å². The van der Waals surface area contributed by atoms with Crippen molar-refractivity contribution in [2.75, 3.05) is 10.5 Å². The predicted octanol–water partition coefficient (Wildman–Crippen LogP) is 3.48. The molecule has 11 heteroatoms. The molecule has 0 spiro atoms. The van der Waals surface area contributed by atoms with E-state index in [1.165, 1.54) is 30.7 Å². The lowest BCUT2D eigenvalue weighted by molar-refractivity contribution is 0.103. The Morgan fingerprint density at radius 1 is 1.16 bits per heavy atom. The number of carbonyl (C=O) groups excluding carboxylic acids is 1. The van der Waals surface area contributed by atoms with Crippen LogP contribution in [0, 0.1) is 11.6 Å². The first-order valence-electron chi connectivity index (χ1n) is 9.57. The van der Waals surface area contributed by atoms with E-state index in [0.29, 0.717) is 29.3 Å². The first-order valence-corrected chi connectivity index (χ1v) is 11.2. The molecular formula is C21H17F2N5O3S. The van der Waals surface area contributed by atoms with Crippen molar-refractivity contribution < 1.29 is 22.0 Å².